The molecule has 1 heterocycles. The molecular weight excluding hydrogens is 251 g/mol. The van der Waals surface area contributed by atoms with Gasteiger partial charge in [0.25, 0.3) is 0 Å². The van der Waals surface area contributed by atoms with Crippen LogP contribution in [-0.2, 0) is 6.54 Å². The van der Waals surface area contributed by atoms with E-state index in [1.54, 1.807) is 0 Å². The van der Waals surface area contributed by atoms with Crippen molar-refractivity contribution in [2.24, 2.45) is 0 Å². The van der Waals surface area contributed by atoms with Crippen molar-refractivity contribution in [3.8, 4) is 0 Å². The molecule has 1 fully saturated rings. The number of nitrogens with one attached hydrogen (secondary N) is 1. The number of halogens is 1. The van der Waals surface area contributed by atoms with Gasteiger partial charge in [0.05, 0.1) is 0 Å². The highest BCUT2D eigenvalue weighted by Gasteiger charge is 2.15. The number of likely N-dealkylation sites (tertiary alicyclic amines) is 1. The van der Waals surface area contributed by atoms with E-state index >= 15 is 0 Å². The first-order valence-corrected chi connectivity index (χ1v) is 7.81. The van der Waals surface area contributed by atoms with Crippen LogP contribution in [0.5, 0.6) is 0 Å². The van der Waals surface area contributed by atoms with Gasteiger partial charge in [-0.3, -0.25) is 0 Å². The number of benzene rings is 1. The van der Waals surface area contributed by atoms with Crippen LogP contribution in [0.25, 0.3) is 0 Å². The molecule has 0 radical (unpaired) electrons. The van der Waals surface area contributed by atoms with Crippen molar-refractivity contribution >= 4 is 0 Å². The minimum atomic E-state index is -0.0678. The van der Waals surface area contributed by atoms with Gasteiger partial charge in [-0.05, 0) is 69.4 Å². The summed E-state index contributed by atoms with van der Waals surface area (Å²) in [5.74, 6) is -0.0678. The fourth-order valence-electron chi connectivity index (χ4n) is 3.08. The number of nitrogens with zero attached hydrogens (tertiary/aromatic N) is 1. The van der Waals surface area contributed by atoms with Gasteiger partial charge in [0.2, 0.25) is 0 Å². The molecule has 3 heteroatoms. The van der Waals surface area contributed by atoms with E-state index in [4.69, 9.17) is 0 Å². The molecule has 0 aliphatic carbocycles. The number of rotatable bonds is 4. The van der Waals surface area contributed by atoms with Crippen molar-refractivity contribution in [2.45, 2.75) is 52.6 Å². The topological polar surface area (TPSA) is 15.3 Å². The lowest BCUT2D eigenvalue weighted by molar-refractivity contribution is 0.297. The summed E-state index contributed by atoms with van der Waals surface area (Å²) in [4.78, 5) is 2.52. The monoisotopic (exact) mass is 278 g/mol. The normalized spacial score (nSPS) is 20.9. The zero-order chi connectivity index (χ0) is 14.5. The van der Waals surface area contributed by atoms with E-state index in [0.717, 1.165) is 24.2 Å². The van der Waals surface area contributed by atoms with Gasteiger partial charge in [0.1, 0.15) is 5.82 Å². The summed E-state index contributed by atoms with van der Waals surface area (Å²) in [7, 11) is 0. The zero-order valence-electron chi connectivity index (χ0n) is 13.0. The van der Waals surface area contributed by atoms with Gasteiger partial charge in [-0.15, -0.1) is 0 Å². The molecule has 112 valence electrons. The van der Waals surface area contributed by atoms with E-state index in [9.17, 15) is 4.39 Å². The molecule has 1 aromatic carbocycles. The smallest absolute Gasteiger partial charge is 0.129 e. The van der Waals surface area contributed by atoms with Crippen molar-refractivity contribution < 1.29 is 4.39 Å². The van der Waals surface area contributed by atoms with Gasteiger partial charge in [0, 0.05) is 12.6 Å². The van der Waals surface area contributed by atoms with Gasteiger partial charge in [-0.1, -0.05) is 19.1 Å². The first-order chi connectivity index (χ1) is 9.60. The van der Waals surface area contributed by atoms with E-state index in [1.165, 1.54) is 37.9 Å². The lowest BCUT2D eigenvalue weighted by Crippen LogP contribution is -2.30. The van der Waals surface area contributed by atoms with Crippen molar-refractivity contribution in [3.63, 3.8) is 0 Å². The first-order valence-electron chi connectivity index (χ1n) is 7.81. The molecule has 2 rings (SSSR count). The summed E-state index contributed by atoms with van der Waals surface area (Å²) in [5, 5.41) is 3.65. The third kappa shape index (κ3) is 4.03. The van der Waals surface area contributed by atoms with E-state index < -0.39 is 0 Å². The third-order valence-corrected chi connectivity index (χ3v) is 4.36. The Labute approximate surface area is 122 Å². The standard InChI is InChI=1S/C17H27FN2/c1-4-20-8-5-6-16(7-9-20)19-12-15-10-13(2)17(18)14(3)11-15/h10-11,16,19H,4-9,12H2,1-3H3. The minimum absolute atomic E-state index is 0.0678. The molecule has 1 aliphatic heterocycles. The first kappa shape index (κ1) is 15.5. The van der Waals surface area contributed by atoms with Gasteiger partial charge in [0.15, 0.2) is 0 Å². The Morgan fingerprint density at radius 2 is 1.90 bits per heavy atom. The largest absolute Gasteiger partial charge is 0.310 e. The molecule has 0 spiro atoms. The molecule has 1 N–H and O–H groups in total. The number of hydrogen-bond donors (Lipinski definition) is 1. The van der Waals surface area contributed by atoms with Crippen LogP contribution in [0.3, 0.4) is 0 Å². The van der Waals surface area contributed by atoms with Gasteiger partial charge in [-0.2, -0.15) is 0 Å². The zero-order valence-corrected chi connectivity index (χ0v) is 13.0. The minimum Gasteiger partial charge on any atom is -0.310 e. The maximum atomic E-state index is 13.6. The van der Waals surface area contributed by atoms with Gasteiger partial charge in [-0.25, -0.2) is 4.39 Å². The Hall–Kier alpha value is -0.930. The predicted molar refractivity (Wildman–Crippen MR) is 82.5 cm³/mol. The molecule has 1 atom stereocenters. The van der Waals surface area contributed by atoms with Crippen LogP contribution < -0.4 is 5.32 Å². The summed E-state index contributed by atoms with van der Waals surface area (Å²) in [6.07, 6.45) is 3.73. The highest BCUT2D eigenvalue weighted by atomic mass is 19.1. The fraction of sp³-hybridized carbons (Fsp3) is 0.647. The van der Waals surface area contributed by atoms with E-state index in [-0.39, 0.29) is 5.82 Å². The molecule has 0 saturated carbocycles. The number of aryl methyl sites for hydroxylation is 2. The van der Waals surface area contributed by atoms with Crippen molar-refractivity contribution in [2.75, 3.05) is 19.6 Å². The van der Waals surface area contributed by atoms with Crippen LogP contribution in [0.4, 0.5) is 4.39 Å². The summed E-state index contributed by atoms with van der Waals surface area (Å²) in [5.41, 5.74) is 2.69. The van der Waals surface area contributed by atoms with Crippen molar-refractivity contribution in [1.29, 1.82) is 0 Å². The third-order valence-electron chi connectivity index (χ3n) is 4.36. The van der Waals surface area contributed by atoms with Crippen LogP contribution >= 0.6 is 0 Å². The van der Waals surface area contributed by atoms with E-state index in [1.807, 2.05) is 26.0 Å². The molecular formula is C17H27FN2. The van der Waals surface area contributed by atoms with Crippen molar-refractivity contribution in [1.82, 2.24) is 10.2 Å². The molecule has 0 amide bonds. The molecule has 1 saturated heterocycles. The molecule has 1 aliphatic rings. The maximum Gasteiger partial charge on any atom is 0.129 e. The Morgan fingerprint density at radius 1 is 1.20 bits per heavy atom. The lowest BCUT2D eigenvalue weighted by Gasteiger charge is -2.18. The van der Waals surface area contributed by atoms with Gasteiger partial charge < -0.3 is 10.2 Å². The summed E-state index contributed by atoms with van der Waals surface area (Å²) in [6, 6.07) is 4.52. The molecule has 20 heavy (non-hydrogen) atoms. The second-order valence-corrected chi connectivity index (χ2v) is 5.99. The maximum absolute atomic E-state index is 13.6. The summed E-state index contributed by atoms with van der Waals surface area (Å²) < 4.78 is 13.6. The molecule has 0 aromatic heterocycles. The van der Waals surface area contributed by atoms with Crippen LogP contribution in [0.15, 0.2) is 12.1 Å². The Balaban J connectivity index is 1.89. The second kappa shape index (κ2) is 7.19. The Bertz CT molecular complexity index is 422. The highest BCUT2D eigenvalue weighted by Crippen LogP contribution is 2.16. The van der Waals surface area contributed by atoms with Crippen LogP contribution in [0, 0.1) is 19.7 Å². The second-order valence-electron chi connectivity index (χ2n) is 5.99. The average molecular weight is 278 g/mol. The summed E-state index contributed by atoms with van der Waals surface area (Å²) in [6.45, 7) is 10.3. The highest BCUT2D eigenvalue weighted by molar-refractivity contribution is 5.30. The van der Waals surface area contributed by atoms with E-state index in [2.05, 4.69) is 17.1 Å². The Kier molecular flexibility index (Phi) is 5.55. The summed E-state index contributed by atoms with van der Waals surface area (Å²) >= 11 is 0. The number of hydrogen-bond acceptors (Lipinski definition) is 2. The fourth-order valence-corrected chi connectivity index (χ4v) is 3.08. The van der Waals surface area contributed by atoms with Gasteiger partial charge >= 0.3 is 0 Å². The predicted octanol–water partition coefficient (Wildman–Crippen LogP) is 3.41. The molecule has 0 bridgehead atoms. The Morgan fingerprint density at radius 3 is 2.55 bits per heavy atom. The van der Waals surface area contributed by atoms with E-state index in [0.29, 0.717) is 6.04 Å². The molecule has 1 aromatic rings. The average Bonchev–Trinajstić information content (AvgIpc) is 2.67. The molecule has 1 unspecified atom stereocenters. The lowest BCUT2D eigenvalue weighted by atomic mass is 10.0. The van der Waals surface area contributed by atoms with Crippen molar-refractivity contribution in [3.05, 3.63) is 34.6 Å². The molecule has 2 nitrogen and oxygen atoms in total. The van der Waals surface area contributed by atoms with Crippen LogP contribution in [0.1, 0.15) is 42.9 Å². The van der Waals surface area contributed by atoms with Crippen LogP contribution in [-0.4, -0.2) is 30.6 Å². The van der Waals surface area contributed by atoms with Crippen LogP contribution in [0.2, 0.25) is 0 Å². The SMILES string of the molecule is CCN1CCCC(NCc2cc(C)c(F)c(C)c2)CC1. The quantitative estimate of drug-likeness (QED) is 0.908.